The summed E-state index contributed by atoms with van der Waals surface area (Å²) in [6.07, 6.45) is 2.85. The third-order valence-corrected chi connectivity index (χ3v) is 6.69. The number of ether oxygens (including phenoxy) is 1. The Morgan fingerprint density at radius 3 is 2.05 bits per heavy atom. The average Bonchev–Trinajstić information content (AvgIpc) is 3.45. The largest absolute Gasteiger partial charge is 0.496 e. The van der Waals surface area contributed by atoms with Gasteiger partial charge in [-0.1, -0.05) is 30.3 Å². The molecule has 0 atom stereocenters. The number of carboxylic acids is 3. The van der Waals surface area contributed by atoms with Crippen molar-refractivity contribution in [3.8, 4) is 11.4 Å². The molecule has 0 radical (unpaired) electrons. The first-order valence-corrected chi connectivity index (χ1v) is 12.5. The summed E-state index contributed by atoms with van der Waals surface area (Å²) in [5.74, 6) is -4.25. The van der Waals surface area contributed by atoms with Gasteiger partial charge in [0.05, 0.1) is 31.2 Å². The van der Waals surface area contributed by atoms with Gasteiger partial charge in [-0.2, -0.15) is 5.10 Å². The topological polar surface area (TPSA) is 183 Å². The van der Waals surface area contributed by atoms with Gasteiger partial charge in [0.15, 0.2) is 5.60 Å². The van der Waals surface area contributed by atoms with Crippen LogP contribution in [0.3, 0.4) is 0 Å². The molecular weight excluding hydrogens is 522 g/mol. The number of hydrogen-bond donors (Lipinski definition) is 5. The van der Waals surface area contributed by atoms with Gasteiger partial charge in [0.2, 0.25) is 0 Å². The normalized spacial score (nSPS) is 15.0. The molecule has 0 bridgehead atoms. The SMILES string of the molecule is COc1ccccc1C1(O)CCN(Cc2ccc(-n3cccn3)cc2)CC1.O=C(O)CC(O)(CC(=O)O)C(=O)O. The highest BCUT2D eigenvalue weighted by Crippen LogP contribution is 2.38. The molecule has 214 valence electrons. The Labute approximate surface area is 230 Å². The lowest BCUT2D eigenvalue weighted by atomic mass is 9.84. The summed E-state index contributed by atoms with van der Waals surface area (Å²) in [6, 6.07) is 18.2. The van der Waals surface area contributed by atoms with Crippen molar-refractivity contribution in [1.82, 2.24) is 14.7 Å². The van der Waals surface area contributed by atoms with E-state index in [0.717, 1.165) is 36.6 Å². The number of aromatic nitrogens is 2. The van der Waals surface area contributed by atoms with E-state index in [1.54, 1.807) is 13.3 Å². The minimum absolute atomic E-state index is 0.707. The van der Waals surface area contributed by atoms with Gasteiger partial charge in [0.25, 0.3) is 0 Å². The number of aliphatic carboxylic acids is 3. The molecule has 1 fully saturated rings. The first-order valence-electron chi connectivity index (χ1n) is 12.5. The summed E-state index contributed by atoms with van der Waals surface area (Å²) >= 11 is 0. The molecule has 1 aliphatic heterocycles. The van der Waals surface area contributed by atoms with E-state index in [0.29, 0.717) is 12.8 Å². The van der Waals surface area contributed by atoms with Crippen LogP contribution in [0, 0.1) is 0 Å². The van der Waals surface area contributed by atoms with Crippen LogP contribution in [0.15, 0.2) is 67.0 Å². The van der Waals surface area contributed by atoms with E-state index in [1.165, 1.54) is 5.56 Å². The first-order chi connectivity index (χ1) is 19.0. The zero-order chi connectivity index (χ0) is 29.3. The van der Waals surface area contributed by atoms with Crippen LogP contribution in [0.25, 0.3) is 5.69 Å². The van der Waals surface area contributed by atoms with E-state index in [9.17, 15) is 19.5 Å². The number of hydrogen-bond acceptors (Lipinski definition) is 8. The first kappa shape index (κ1) is 30.3. The fraction of sp³-hybridized carbons (Fsp3) is 0.357. The smallest absolute Gasteiger partial charge is 0.336 e. The Morgan fingerprint density at radius 2 is 1.55 bits per heavy atom. The average molecular weight is 556 g/mol. The van der Waals surface area contributed by atoms with E-state index in [1.807, 2.05) is 41.2 Å². The zero-order valence-electron chi connectivity index (χ0n) is 22.0. The van der Waals surface area contributed by atoms with Gasteiger partial charge in [-0.05, 0) is 42.7 Å². The highest BCUT2D eigenvalue weighted by Gasteiger charge is 2.41. The molecule has 0 aliphatic carbocycles. The molecule has 3 aromatic rings. The van der Waals surface area contributed by atoms with Crippen molar-refractivity contribution in [1.29, 1.82) is 0 Å². The van der Waals surface area contributed by atoms with E-state index in [4.69, 9.17) is 25.2 Å². The van der Waals surface area contributed by atoms with Crippen molar-refractivity contribution in [2.75, 3.05) is 20.2 Å². The van der Waals surface area contributed by atoms with Crippen LogP contribution < -0.4 is 4.74 Å². The summed E-state index contributed by atoms with van der Waals surface area (Å²) in [7, 11) is 1.66. The van der Waals surface area contributed by atoms with Crippen LogP contribution in [0.5, 0.6) is 5.75 Å². The minimum Gasteiger partial charge on any atom is -0.496 e. The number of benzene rings is 2. The molecule has 0 spiro atoms. The number of likely N-dealkylation sites (tertiary alicyclic amines) is 1. The molecule has 40 heavy (non-hydrogen) atoms. The molecular formula is C28H33N3O9. The minimum atomic E-state index is -2.74. The number of nitrogens with zero attached hydrogens (tertiary/aromatic N) is 3. The standard InChI is InChI=1S/C22H25N3O2.C6H8O7/c1-27-21-6-3-2-5-20(21)22(26)11-15-24(16-12-22)17-18-7-9-19(10-8-18)25-14-4-13-23-25;7-3(8)1-6(13,5(11)12)2-4(9)10/h2-10,13-14,26H,11-12,15-17H2,1H3;13H,1-2H2,(H,7,8)(H,9,10)(H,11,12). The van der Waals surface area contributed by atoms with E-state index >= 15 is 0 Å². The number of aliphatic hydroxyl groups is 2. The molecule has 0 saturated carbocycles. The van der Waals surface area contributed by atoms with Gasteiger partial charge in [-0.25, -0.2) is 9.48 Å². The van der Waals surface area contributed by atoms with E-state index in [2.05, 4.69) is 34.3 Å². The van der Waals surface area contributed by atoms with E-state index < -0.39 is 42.0 Å². The van der Waals surface area contributed by atoms with Gasteiger partial charge in [-0.15, -0.1) is 0 Å². The highest BCUT2D eigenvalue weighted by atomic mass is 16.5. The molecule has 2 aromatic carbocycles. The third-order valence-electron chi connectivity index (χ3n) is 6.69. The maximum atomic E-state index is 11.2. The molecule has 5 N–H and O–H groups in total. The second-order valence-electron chi connectivity index (χ2n) is 9.60. The molecule has 2 heterocycles. The quantitative estimate of drug-likeness (QED) is 0.247. The van der Waals surface area contributed by atoms with Gasteiger partial charge in [-0.3, -0.25) is 14.5 Å². The van der Waals surface area contributed by atoms with Gasteiger partial charge in [0.1, 0.15) is 5.75 Å². The molecule has 1 aliphatic rings. The van der Waals surface area contributed by atoms with Crippen LogP contribution in [0.1, 0.15) is 36.8 Å². The second-order valence-corrected chi connectivity index (χ2v) is 9.60. The predicted molar refractivity (Wildman–Crippen MR) is 142 cm³/mol. The predicted octanol–water partition coefficient (Wildman–Crippen LogP) is 2.12. The number of para-hydroxylation sites is 1. The molecule has 4 rings (SSSR count). The molecule has 0 unspecified atom stereocenters. The van der Waals surface area contributed by atoms with Crippen molar-refractivity contribution in [2.24, 2.45) is 0 Å². The number of carbonyl (C=O) groups is 3. The lowest BCUT2D eigenvalue weighted by Crippen LogP contribution is -2.42. The maximum Gasteiger partial charge on any atom is 0.336 e. The number of carboxylic acid groups (broad SMARTS) is 3. The van der Waals surface area contributed by atoms with Crippen LogP contribution >= 0.6 is 0 Å². The molecule has 0 amide bonds. The maximum absolute atomic E-state index is 11.2. The van der Waals surface area contributed by atoms with Crippen LogP contribution in [0.4, 0.5) is 0 Å². The Bertz CT molecular complexity index is 1270. The van der Waals surface area contributed by atoms with Gasteiger partial charge in [0, 0.05) is 37.6 Å². The molecule has 12 nitrogen and oxygen atoms in total. The number of rotatable bonds is 10. The number of piperidine rings is 1. The van der Waals surface area contributed by atoms with Crippen molar-refractivity contribution < 1.29 is 44.7 Å². The lowest BCUT2D eigenvalue weighted by molar-refractivity contribution is -0.170. The fourth-order valence-electron chi connectivity index (χ4n) is 4.53. The van der Waals surface area contributed by atoms with Crippen molar-refractivity contribution in [2.45, 2.75) is 43.4 Å². The summed E-state index contributed by atoms with van der Waals surface area (Å²) in [4.78, 5) is 32.9. The molecule has 1 aromatic heterocycles. The van der Waals surface area contributed by atoms with Crippen LogP contribution in [0.2, 0.25) is 0 Å². The third kappa shape index (κ3) is 7.88. The second kappa shape index (κ2) is 13.2. The van der Waals surface area contributed by atoms with E-state index in [-0.39, 0.29) is 0 Å². The van der Waals surface area contributed by atoms with Crippen molar-refractivity contribution in [3.63, 3.8) is 0 Å². The monoisotopic (exact) mass is 555 g/mol. The lowest BCUT2D eigenvalue weighted by Gasteiger charge is -2.39. The Hall–Kier alpha value is -4.26. The van der Waals surface area contributed by atoms with Crippen LogP contribution in [-0.4, -0.2) is 83.9 Å². The molecule has 1 saturated heterocycles. The van der Waals surface area contributed by atoms with Crippen LogP contribution in [-0.2, 0) is 26.5 Å². The summed E-state index contributed by atoms with van der Waals surface area (Å²) in [5.41, 5.74) is -0.317. The Morgan fingerprint density at radius 1 is 0.950 bits per heavy atom. The zero-order valence-corrected chi connectivity index (χ0v) is 22.0. The van der Waals surface area contributed by atoms with Crippen molar-refractivity contribution in [3.05, 3.63) is 78.1 Å². The Kier molecular flexibility index (Phi) is 9.99. The van der Waals surface area contributed by atoms with Crippen molar-refractivity contribution >= 4 is 17.9 Å². The summed E-state index contributed by atoms with van der Waals surface area (Å²) < 4.78 is 7.31. The fourth-order valence-corrected chi connectivity index (χ4v) is 4.53. The van der Waals surface area contributed by atoms with Gasteiger partial charge < -0.3 is 30.3 Å². The van der Waals surface area contributed by atoms with Gasteiger partial charge >= 0.3 is 17.9 Å². The summed E-state index contributed by atoms with van der Waals surface area (Å²) in [5, 5.41) is 49.2. The molecule has 12 heteroatoms. The number of methoxy groups -OCH3 is 1. The Balaban J connectivity index is 0.000000289. The summed E-state index contributed by atoms with van der Waals surface area (Å²) in [6.45, 7) is 2.60. The highest BCUT2D eigenvalue weighted by molar-refractivity contribution is 5.88.